The lowest BCUT2D eigenvalue weighted by Gasteiger charge is -2.07. The zero-order chi connectivity index (χ0) is 15.2. The number of benzene rings is 1. The first-order valence-corrected chi connectivity index (χ1v) is 6.78. The molecule has 2 rings (SSSR count). The normalized spacial score (nSPS) is 9.67. The van der Waals surface area contributed by atoms with Crippen molar-refractivity contribution in [3.63, 3.8) is 0 Å². The molecule has 0 aliphatic rings. The van der Waals surface area contributed by atoms with Crippen molar-refractivity contribution in [1.29, 1.82) is 0 Å². The van der Waals surface area contributed by atoms with Crippen molar-refractivity contribution in [3.8, 4) is 11.8 Å². The molecule has 1 aromatic heterocycles. The van der Waals surface area contributed by atoms with Gasteiger partial charge in [-0.1, -0.05) is 41.1 Å². The summed E-state index contributed by atoms with van der Waals surface area (Å²) in [6.45, 7) is 0.266. The second kappa shape index (κ2) is 7.09. The number of hydrogen-bond acceptors (Lipinski definition) is 3. The summed E-state index contributed by atoms with van der Waals surface area (Å²) in [6, 6.07) is 8.23. The van der Waals surface area contributed by atoms with Gasteiger partial charge in [0.15, 0.2) is 0 Å². The summed E-state index contributed by atoms with van der Waals surface area (Å²) in [4.78, 5) is 16.2. The summed E-state index contributed by atoms with van der Waals surface area (Å²) in [7, 11) is 0. The van der Waals surface area contributed by atoms with Crippen LogP contribution < -0.4 is 11.1 Å². The van der Waals surface area contributed by atoms with Gasteiger partial charge in [0.1, 0.15) is 5.82 Å². The highest BCUT2D eigenvalue weighted by atomic mass is 35.5. The second-order valence-corrected chi connectivity index (χ2v) is 4.78. The van der Waals surface area contributed by atoms with Crippen LogP contribution in [0.15, 0.2) is 36.5 Å². The molecule has 6 heteroatoms. The number of hydrogen-bond donors (Lipinski definition) is 2. The third-order valence-electron chi connectivity index (χ3n) is 2.53. The number of rotatable bonds is 2. The number of nitrogens with one attached hydrogen (secondary N) is 1. The van der Waals surface area contributed by atoms with E-state index >= 15 is 0 Å². The molecule has 0 saturated heterocycles. The van der Waals surface area contributed by atoms with E-state index < -0.39 is 0 Å². The second-order valence-electron chi connectivity index (χ2n) is 3.99. The maximum absolute atomic E-state index is 12.2. The van der Waals surface area contributed by atoms with Crippen molar-refractivity contribution >= 4 is 34.9 Å². The molecule has 0 saturated carbocycles. The first-order valence-electron chi connectivity index (χ1n) is 6.02. The van der Waals surface area contributed by atoms with Crippen molar-refractivity contribution in [2.24, 2.45) is 5.73 Å². The van der Waals surface area contributed by atoms with Crippen molar-refractivity contribution < 1.29 is 4.79 Å². The number of carbonyl (C=O) groups is 1. The molecular formula is C15H11Cl2N3O. The van der Waals surface area contributed by atoms with Gasteiger partial charge >= 0.3 is 0 Å². The zero-order valence-corrected chi connectivity index (χ0v) is 12.4. The van der Waals surface area contributed by atoms with Crippen molar-refractivity contribution in [2.45, 2.75) is 0 Å². The lowest BCUT2D eigenvalue weighted by molar-refractivity contribution is 0.102. The Labute approximate surface area is 132 Å². The van der Waals surface area contributed by atoms with E-state index in [4.69, 9.17) is 28.9 Å². The van der Waals surface area contributed by atoms with Crippen LogP contribution >= 0.6 is 23.2 Å². The number of anilines is 1. The van der Waals surface area contributed by atoms with E-state index in [0.717, 1.165) is 0 Å². The molecule has 0 atom stereocenters. The van der Waals surface area contributed by atoms with E-state index in [-0.39, 0.29) is 23.0 Å². The molecule has 0 fully saturated rings. The molecule has 0 bridgehead atoms. The Morgan fingerprint density at radius 2 is 2.14 bits per heavy atom. The van der Waals surface area contributed by atoms with Crippen LogP contribution in [0.4, 0.5) is 5.82 Å². The van der Waals surface area contributed by atoms with Crippen LogP contribution in [-0.4, -0.2) is 17.4 Å². The van der Waals surface area contributed by atoms with Crippen LogP contribution in [0.2, 0.25) is 10.0 Å². The summed E-state index contributed by atoms with van der Waals surface area (Å²) in [5, 5.41) is 3.17. The Hall–Kier alpha value is -2.06. The van der Waals surface area contributed by atoms with Gasteiger partial charge in [-0.3, -0.25) is 4.79 Å². The quantitative estimate of drug-likeness (QED) is 0.836. The predicted octanol–water partition coefficient (Wildman–Crippen LogP) is 2.95. The van der Waals surface area contributed by atoms with Gasteiger partial charge in [0, 0.05) is 11.8 Å². The molecular weight excluding hydrogens is 309 g/mol. The maximum Gasteiger partial charge on any atom is 0.258 e. The lowest BCUT2D eigenvalue weighted by Crippen LogP contribution is -2.13. The average molecular weight is 320 g/mol. The minimum Gasteiger partial charge on any atom is -0.320 e. The van der Waals surface area contributed by atoms with Crippen molar-refractivity contribution in [3.05, 3.63) is 57.7 Å². The highest BCUT2D eigenvalue weighted by molar-refractivity contribution is 6.44. The fraction of sp³-hybridized carbons (Fsp3) is 0.0667. The van der Waals surface area contributed by atoms with Crippen molar-refractivity contribution in [1.82, 2.24) is 4.98 Å². The molecule has 106 valence electrons. The molecule has 0 radical (unpaired) electrons. The molecule has 4 nitrogen and oxygen atoms in total. The molecule has 21 heavy (non-hydrogen) atoms. The van der Waals surface area contributed by atoms with E-state index in [0.29, 0.717) is 16.4 Å². The van der Waals surface area contributed by atoms with E-state index in [9.17, 15) is 4.79 Å². The first kappa shape index (κ1) is 15.3. The summed E-state index contributed by atoms with van der Waals surface area (Å²) in [5.74, 6) is 5.58. The number of nitrogens with zero attached hydrogens (tertiary/aromatic N) is 1. The number of halogens is 2. The molecule has 0 aliphatic carbocycles. The van der Waals surface area contributed by atoms with Gasteiger partial charge in [-0.15, -0.1) is 0 Å². The summed E-state index contributed by atoms with van der Waals surface area (Å²) < 4.78 is 0. The topological polar surface area (TPSA) is 68.0 Å². The van der Waals surface area contributed by atoms with Crippen molar-refractivity contribution in [2.75, 3.05) is 11.9 Å². The Morgan fingerprint density at radius 1 is 1.33 bits per heavy atom. The van der Waals surface area contributed by atoms with Gasteiger partial charge in [0.05, 0.1) is 22.2 Å². The van der Waals surface area contributed by atoms with Gasteiger partial charge in [0.25, 0.3) is 5.91 Å². The largest absolute Gasteiger partial charge is 0.320 e. The van der Waals surface area contributed by atoms with E-state index in [1.807, 2.05) is 0 Å². The molecule has 2 aromatic rings. The van der Waals surface area contributed by atoms with E-state index in [2.05, 4.69) is 22.1 Å². The fourth-order valence-electron chi connectivity index (χ4n) is 1.59. The highest BCUT2D eigenvalue weighted by Gasteiger charge is 2.13. The Bertz CT molecular complexity index is 735. The van der Waals surface area contributed by atoms with Crippen LogP contribution in [0.5, 0.6) is 0 Å². The number of pyridine rings is 1. The third-order valence-corrected chi connectivity index (χ3v) is 3.35. The van der Waals surface area contributed by atoms with Crippen LogP contribution in [0.25, 0.3) is 0 Å². The maximum atomic E-state index is 12.2. The first-order chi connectivity index (χ1) is 10.1. The Morgan fingerprint density at radius 3 is 2.90 bits per heavy atom. The molecule has 0 aliphatic heterocycles. The van der Waals surface area contributed by atoms with Crippen LogP contribution in [0.3, 0.4) is 0 Å². The summed E-state index contributed by atoms with van der Waals surface area (Å²) >= 11 is 11.9. The minimum atomic E-state index is -0.390. The predicted molar refractivity (Wildman–Crippen MR) is 84.6 cm³/mol. The standard InChI is InChI=1S/C15H11Cl2N3O/c16-12-5-1-4-11(14(12)17)15(21)20-13-9-10(3-2-7-18)6-8-19-13/h1,4-6,8-9H,7,18H2,(H,19,20,21). The number of carbonyl (C=O) groups excluding carboxylic acids is 1. The van der Waals surface area contributed by atoms with E-state index in [1.165, 1.54) is 0 Å². The summed E-state index contributed by atoms with van der Waals surface area (Å²) in [6.07, 6.45) is 1.55. The smallest absolute Gasteiger partial charge is 0.258 e. The molecule has 1 aromatic carbocycles. The van der Waals surface area contributed by atoms with Gasteiger partial charge in [-0.25, -0.2) is 4.98 Å². The number of amides is 1. The Kier molecular flexibility index (Phi) is 5.18. The van der Waals surface area contributed by atoms with Crippen LogP contribution in [0.1, 0.15) is 15.9 Å². The van der Waals surface area contributed by atoms with Gasteiger partial charge in [-0.05, 0) is 24.3 Å². The zero-order valence-electron chi connectivity index (χ0n) is 10.9. The molecule has 0 unspecified atom stereocenters. The number of nitrogens with two attached hydrogens (primary N) is 1. The average Bonchev–Trinajstić information content (AvgIpc) is 2.48. The Balaban J connectivity index is 2.22. The summed E-state index contributed by atoms with van der Waals surface area (Å²) in [5.41, 5.74) is 6.31. The molecule has 1 amide bonds. The van der Waals surface area contributed by atoms with E-state index in [1.54, 1.807) is 36.5 Å². The third kappa shape index (κ3) is 3.96. The minimum absolute atomic E-state index is 0.204. The SMILES string of the molecule is NCC#Cc1ccnc(NC(=O)c2cccc(Cl)c2Cl)c1. The van der Waals surface area contributed by atoms with Gasteiger partial charge in [0.2, 0.25) is 0 Å². The van der Waals surface area contributed by atoms with Crippen LogP contribution in [-0.2, 0) is 0 Å². The molecule has 1 heterocycles. The fourth-order valence-corrected chi connectivity index (χ4v) is 1.98. The van der Waals surface area contributed by atoms with Gasteiger partial charge in [-0.2, -0.15) is 0 Å². The monoisotopic (exact) mass is 319 g/mol. The lowest BCUT2D eigenvalue weighted by atomic mass is 10.2. The molecule has 0 spiro atoms. The number of aromatic nitrogens is 1. The highest BCUT2D eigenvalue weighted by Crippen LogP contribution is 2.26. The molecule has 3 N–H and O–H groups in total. The van der Waals surface area contributed by atoms with Gasteiger partial charge < -0.3 is 11.1 Å². The van der Waals surface area contributed by atoms with Crippen LogP contribution in [0, 0.1) is 11.8 Å².